The molecule has 0 bridgehead atoms. The summed E-state index contributed by atoms with van der Waals surface area (Å²) >= 11 is 0. The molecule has 21 heavy (non-hydrogen) atoms. The average Bonchev–Trinajstić information content (AvgIpc) is 2.69. The molecule has 7 nitrogen and oxygen atoms in total. The monoisotopic (exact) mass is 292 g/mol. The molecule has 0 aromatic carbocycles. The van der Waals surface area contributed by atoms with E-state index < -0.39 is 4.92 Å². The molecule has 0 atom stereocenters. The Morgan fingerprint density at radius 3 is 2.90 bits per heavy atom. The van der Waals surface area contributed by atoms with Gasteiger partial charge in [-0.3, -0.25) is 14.9 Å². The maximum atomic E-state index is 11.8. The Morgan fingerprint density at radius 1 is 1.33 bits per heavy atom. The molecule has 114 valence electrons. The van der Waals surface area contributed by atoms with Gasteiger partial charge in [0.1, 0.15) is 12.0 Å². The van der Waals surface area contributed by atoms with E-state index in [0.29, 0.717) is 18.8 Å². The van der Waals surface area contributed by atoms with Crippen LogP contribution in [0.3, 0.4) is 0 Å². The molecule has 0 aliphatic carbocycles. The van der Waals surface area contributed by atoms with Gasteiger partial charge in [-0.25, -0.2) is 4.98 Å². The summed E-state index contributed by atoms with van der Waals surface area (Å²) < 4.78 is 0. The molecule has 0 unspecified atom stereocenters. The molecule has 2 heterocycles. The number of carbonyl (C=O) groups is 1. The standard InChI is InChI=1S/C14H20N4O3/c19-14-5-2-1-3-9-17(14)10-4-8-15-13-7-6-12(11-16-13)18(20)21/h6-7,11H,1-5,8-10H2,(H,15,16). The fraction of sp³-hybridized carbons (Fsp3) is 0.571. The van der Waals surface area contributed by atoms with Crippen LogP contribution >= 0.6 is 0 Å². The maximum Gasteiger partial charge on any atom is 0.287 e. The predicted octanol–water partition coefficient (Wildman–Crippen LogP) is 2.19. The normalized spacial score (nSPS) is 15.6. The third kappa shape index (κ3) is 4.70. The summed E-state index contributed by atoms with van der Waals surface area (Å²) in [6.07, 6.45) is 5.96. The highest BCUT2D eigenvalue weighted by atomic mass is 16.6. The van der Waals surface area contributed by atoms with E-state index in [9.17, 15) is 14.9 Å². The SMILES string of the molecule is O=C1CCCCCN1CCCNc1ccc([N+](=O)[O-])cn1. The van der Waals surface area contributed by atoms with Gasteiger partial charge in [0, 0.05) is 32.1 Å². The number of likely N-dealkylation sites (tertiary alicyclic amines) is 1. The summed E-state index contributed by atoms with van der Waals surface area (Å²) in [6, 6.07) is 3.02. The number of nitrogens with one attached hydrogen (secondary N) is 1. The Bertz CT molecular complexity index is 489. The fourth-order valence-electron chi connectivity index (χ4n) is 2.36. The lowest BCUT2D eigenvalue weighted by molar-refractivity contribution is -0.385. The molecule has 2 rings (SSSR count). The summed E-state index contributed by atoms with van der Waals surface area (Å²) in [5.74, 6) is 0.865. The first-order valence-corrected chi connectivity index (χ1v) is 7.29. The Balaban J connectivity index is 1.71. The number of nitrogens with zero attached hydrogens (tertiary/aromatic N) is 3. The molecule has 0 radical (unpaired) electrons. The van der Waals surface area contributed by atoms with Crippen LogP contribution in [0.2, 0.25) is 0 Å². The number of rotatable bonds is 6. The number of hydrogen-bond acceptors (Lipinski definition) is 5. The van der Waals surface area contributed by atoms with E-state index in [1.54, 1.807) is 6.07 Å². The Kier molecular flexibility index (Phi) is 5.48. The van der Waals surface area contributed by atoms with E-state index >= 15 is 0 Å². The predicted molar refractivity (Wildman–Crippen MR) is 79.0 cm³/mol. The van der Waals surface area contributed by atoms with Crippen molar-refractivity contribution in [2.45, 2.75) is 32.1 Å². The number of hydrogen-bond donors (Lipinski definition) is 1. The van der Waals surface area contributed by atoms with E-state index in [1.807, 2.05) is 4.90 Å². The first kappa shape index (κ1) is 15.2. The molecule has 1 N–H and O–H groups in total. The van der Waals surface area contributed by atoms with Crippen LogP contribution in [0.25, 0.3) is 0 Å². The highest BCUT2D eigenvalue weighted by molar-refractivity contribution is 5.76. The van der Waals surface area contributed by atoms with Gasteiger partial charge in [0.25, 0.3) is 5.69 Å². The van der Waals surface area contributed by atoms with Gasteiger partial charge in [0.2, 0.25) is 5.91 Å². The minimum atomic E-state index is -0.471. The number of pyridine rings is 1. The van der Waals surface area contributed by atoms with Gasteiger partial charge < -0.3 is 10.2 Å². The summed E-state index contributed by atoms with van der Waals surface area (Å²) in [7, 11) is 0. The van der Waals surface area contributed by atoms with Gasteiger partial charge >= 0.3 is 0 Å². The molecule has 0 spiro atoms. The number of aromatic nitrogens is 1. The maximum absolute atomic E-state index is 11.8. The van der Waals surface area contributed by atoms with Crippen molar-refractivity contribution in [2.75, 3.05) is 25.0 Å². The Labute approximate surface area is 123 Å². The molecule has 1 fully saturated rings. The van der Waals surface area contributed by atoms with Crippen LogP contribution in [-0.4, -0.2) is 40.3 Å². The molecular weight excluding hydrogens is 272 g/mol. The van der Waals surface area contributed by atoms with Gasteiger partial charge in [-0.15, -0.1) is 0 Å². The lowest BCUT2D eigenvalue weighted by atomic mass is 10.2. The molecular formula is C14H20N4O3. The highest BCUT2D eigenvalue weighted by Crippen LogP contribution is 2.13. The second kappa shape index (κ2) is 7.56. The van der Waals surface area contributed by atoms with Crippen molar-refractivity contribution in [2.24, 2.45) is 0 Å². The van der Waals surface area contributed by atoms with Crippen LogP contribution in [0.4, 0.5) is 11.5 Å². The lowest BCUT2D eigenvalue weighted by Crippen LogP contribution is -2.32. The second-order valence-electron chi connectivity index (χ2n) is 5.13. The molecule has 1 aromatic rings. The number of anilines is 1. The molecule has 1 amide bonds. The minimum absolute atomic E-state index is 0.0179. The van der Waals surface area contributed by atoms with Crippen LogP contribution < -0.4 is 5.32 Å². The molecule has 1 saturated heterocycles. The van der Waals surface area contributed by atoms with Crippen LogP contribution in [0.15, 0.2) is 18.3 Å². The van der Waals surface area contributed by atoms with Gasteiger partial charge in [-0.05, 0) is 25.3 Å². The van der Waals surface area contributed by atoms with Crippen LogP contribution in [0.1, 0.15) is 32.1 Å². The molecule has 1 aliphatic heterocycles. The van der Waals surface area contributed by atoms with Gasteiger partial charge in [0.05, 0.1) is 4.92 Å². The van der Waals surface area contributed by atoms with E-state index in [1.165, 1.54) is 12.3 Å². The molecule has 1 aliphatic rings. The van der Waals surface area contributed by atoms with Crippen LogP contribution in [0.5, 0.6) is 0 Å². The van der Waals surface area contributed by atoms with E-state index in [2.05, 4.69) is 10.3 Å². The van der Waals surface area contributed by atoms with Crippen molar-refractivity contribution in [1.29, 1.82) is 0 Å². The van der Waals surface area contributed by atoms with E-state index in [-0.39, 0.29) is 11.6 Å². The number of amides is 1. The van der Waals surface area contributed by atoms with Crippen molar-refractivity contribution >= 4 is 17.4 Å². The van der Waals surface area contributed by atoms with Crippen LogP contribution in [-0.2, 0) is 4.79 Å². The lowest BCUT2D eigenvalue weighted by Gasteiger charge is -2.20. The van der Waals surface area contributed by atoms with Gasteiger partial charge in [-0.2, -0.15) is 0 Å². The molecule has 0 saturated carbocycles. The van der Waals surface area contributed by atoms with E-state index in [0.717, 1.165) is 38.8 Å². The topological polar surface area (TPSA) is 88.4 Å². The fourth-order valence-corrected chi connectivity index (χ4v) is 2.36. The van der Waals surface area contributed by atoms with Crippen molar-refractivity contribution in [3.63, 3.8) is 0 Å². The third-order valence-electron chi connectivity index (χ3n) is 3.54. The molecule has 7 heteroatoms. The highest BCUT2D eigenvalue weighted by Gasteiger charge is 2.15. The average molecular weight is 292 g/mol. The first-order chi connectivity index (χ1) is 10.2. The number of nitro groups is 1. The zero-order valence-corrected chi connectivity index (χ0v) is 12.0. The summed E-state index contributed by atoms with van der Waals surface area (Å²) in [6.45, 7) is 2.29. The second-order valence-corrected chi connectivity index (χ2v) is 5.13. The quantitative estimate of drug-likeness (QED) is 0.493. The van der Waals surface area contributed by atoms with E-state index in [4.69, 9.17) is 0 Å². The van der Waals surface area contributed by atoms with Crippen molar-refractivity contribution in [3.8, 4) is 0 Å². The number of carbonyl (C=O) groups excluding carboxylic acids is 1. The minimum Gasteiger partial charge on any atom is -0.370 e. The summed E-state index contributed by atoms with van der Waals surface area (Å²) in [4.78, 5) is 27.8. The molecule has 1 aromatic heterocycles. The van der Waals surface area contributed by atoms with Crippen molar-refractivity contribution in [1.82, 2.24) is 9.88 Å². The van der Waals surface area contributed by atoms with Crippen molar-refractivity contribution in [3.05, 3.63) is 28.4 Å². The zero-order chi connectivity index (χ0) is 15.1. The first-order valence-electron chi connectivity index (χ1n) is 7.29. The van der Waals surface area contributed by atoms with Gasteiger partial charge in [0.15, 0.2) is 0 Å². The smallest absolute Gasteiger partial charge is 0.287 e. The van der Waals surface area contributed by atoms with Gasteiger partial charge in [-0.1, -0.05) is 6.42 Å². The van der Waals surface area contributed by atoms with Crippen molar-refractivity contribution < 1.29 is 9.72 Å². The Morgan fingerprint density at radius 2 is 2.19 bits per heavy atom. The zero-order valence-electron chi connectivity index (χ0n) is 12.0. The largest absolute Gasteiger partial charge is 0.370 e. The Hall–Kier alpha value is -2.18. The summed E-state index contributed by atoms with van der Waals surface area (Å²) in [5, 5.41) is 13.6. The summed E-state index contributed by atoms with van der Waals surface area (Å²) in [5.41, 5.74) is -0.0179. The van der Waals surface area contributed by atoms with Crippen LogP contribution in [0, 0.1) is 10.1 Å². The third-order valence-corrected chi connectivity index (χ3v) is 3.54.